The van der Waals surface area contributed by atoms with Crippen molar-refractivity contribution in [3.8, 4) is 0 Å². The smallest absolute Gasteiger partial charge is 0.248 e. The van der Waals surface area contributed by atoms with Crippen LogP contribution in [-0.2, 0) is 14.4 Å². The molecule has 9 heteroatoms. The number of hydroxylamine groups is 1. The number of amides is 3. The zero-order valence-corrected chi connectivity index (χ0v) is 17.0. The molecule has 2 heterocycles. The van der Waals surface area contributed by atoms with Crippen LogP contribution in [0.1, 0.15) is 57.8 Å². The van der Waals surface area contributed by atoms with E-state index in [1.54, 1.807) is 22.5 Å². The minimum atomic E-state index is -0.578. The second-order valence-electron chi connectivity index (χ2n) is 9.11. The third kappa shape index (κ3) is 4.61. The molecule has 0 unspecified atom stereocenters. The SMILES string of the molecule is O=C(C[C@@H](CC1CCCC1)C(=O)N1CC2(CC2)C[C@H]1C(=O)Nc1cccnn1)NO. The van der Waals surface area contributed by atoms with Gasteiger partial charge in [0.25, 0.3) is 0 Å². The van der Waals surface area contributed by atoms with Gasteiger partial charge < -0.3 is 10.2 Å². The van der Waals surface area contributed by atoms with E-state index in [1.165, 1.54) is 6.20 Å². The minimum Gasteiger partial charge on any atom is -0.330 e. The van der Waals surface area contributed by atoms with Crippen molar-refractivity contribution in [2.45, 2.75) is 63.8 Å². The average molecular weight is 415 g/mol. The standard InChI is InChI=1S/C21H29N5O4/c27-18(25-30)11-15(10-14-4-1-2-5-14)20(29)26-13-21(7-8-21)12-16(26)19(28)23-17-6-3-9-22-24-17/h3,6,9,14-16,30H,1-2,4-5,7-8,10-13H2,(H,25,27)(H,23,24,28)/t15-,16+/m1/s1. The highest BCUT2D eigenvalue weighted by atomic mass is 16.5. The predicted molar refractivity (Wildman–Crippen MR) is 107 cm³/mol. The predicted octanol–water partition coefficient (Wildman–Crippen LogP) is 1.89. The summed E-state index contributed by atoms with van der Waals surface area (Å²) in [5, 5.41) is 19.4. The quantitative estimate of drug-likeness (QED) is 0.461. The van der Waals surface area contributed by atoms with Crippen LogP contribution >= 0.6 is 0 Å². The van der Waals surface area contributed by atoms with Gasteiger partial charge in [0, 0.05) is 25.1 Å². The summed E-state index contributed by atoms with van der Waals surface area (Å²) in [7, 11) is 0. The Morgan fingerprint density at radius 1 is 1.27 bits per heavy atom. The fraction of sp³-hybridized carbons (Fsp3) is 0.667. The van der Waals surface area contributed by atoms with E-state index < -0.39 is 17.9 Å². The number of hydrogen-bond donors (Lipinski definition) is 3. The van der Waals surface area contributed by atoms with Crippen molar-refractivity contribution in [2.24, 2.45) is 17.3 Å². The maximum Gasteiger partial charge on any atom is 0.248 e. The number of nitrogens with one attached hydrogen (secondary N) is 2. The van der Waals surface area contributed by atoms with Crippen LogP contribution in [-0.4, -0.2) is 50.6 Å². The molecule has 2 aliphatic carbocycles. The monoisotopic (exact) mass is 415 g/mol. The molecule has 30 heavy (non-hydrogen) atoms. The van der Waals surface area contributed by atoms with E-state index in [1.807, 2.05) is 0 Å². The van der Waals surface area contributed by atoms with Gasteiger partial charge in [-0.2, -0.15) is 5.10 Å². The van der Waals surface area contributed by atoms with Crippen LogP contribution < -0.4 is 10.8 Å². The Balaban J connectivity index is 1.50. The second-order valence-corrected chi connectivity index (χ2v) is 9.11. The molecule has 1 aromatic heterocycles. The number of carbonyl (C=O) groups excluding carboxylic acids is 3. The number of carbonyl (C=O) groups is 3. The third-order valence-corrected chi connectivity index (χ3v) is 6.87. The van der Waals surface area contributed by atoms with Crippen molar-refractivity contribution in [1.29, 1.82) is 0 Å². The molecule has 1 aromatic rings. The molecular formula is C21H29N5O4. The Morgan fingerprint density at radius 3 is 2.67 bits per heavy atom. The summed E-state index contributed by atoms with van der Waals surface area (Å²) in [6, 6.07) is 2.77. The highest BCUT2D eigenvalue weighted by Gasteiger charge is 2.55. The molecule has 3 aliphatic rings. The molecule has 0 aromatic carbocycles. The van der Waals surface area contributed by atoms with Crippen LogP contribution in [0.4, 0.5) is 5.82 Å². The zero-order chi connectivity index (χ0) is 21.1. The summed E-state index contributed by atoms with van der Waals surface area (Å²) in [4.78, 5) is 40.1. The minimum absolute atomic E-state index is 0.0250. The van der Waals surface area contributed by atoms with Gasteiger partial charge in [0.05, 0.1) is 0 Å². The number of nitrogens with zero attached hydrogens (tertiary/aromatic N) is 3. The van der Waals surface area contributed by atoms with E-state index in [2.05, 4.69) is 15.5 Å². The number of aromatic nitrogens is 2. The molecular weight excluding hydrogens is 386 g/mol. The summed E-state index contributed by atoms with van der Waals surface area (Å²) < 4.78 is 0. The molecule has 3 N–H and O–H groups in total. The van der Waals surface area contributed by atoms with E-state index >= 15 is 0 Å². The Kier molecular flexibility index (Phi) is 5.99. The maximum absolute atomic E-state index is 13.5. The number of hydrogen-bond acceptors (Lipinski definition) is 6. The number of anilines is 1. The van der Waals surface area contributed by atoms with Gasteiger partial charge in [-0.15, -0.1) is 5.10 Å². The van der Waals surface area contributed by atoms with E-state index in [4.69, 9.17) is 5.21 Å². The number of rotatable bonds is 7. The van der Waals surface area contributed by atoms with Crippen molar-refractivity contribution in [3.05, 3.63) is 18.3 Å². The first-order valence-corrected chi connectivity index (χ1v) is 10.8. The molecule has 162 valence electrons. The molecule has 9 nitrogen and oxygen atoms in total. The van der Waals surface area contributed by atoms with Gasteiger partial charge in [-0.3, -0.25) is 19.6 Å². The third-order valence-electron chi connectivity index (χ3n) is 6.87. The first kappa shape index (κ1) is 20.7. The maximum atomic E-state index is 13.5. The normalized spacial score (nSPS) is 23.4. The molecule has 0 radical (unpaired) electrons. The fourth-order valence-electron chi connectivity index (χ4n) is 5.06. The van der Waals surface area contributed by atoms with E-state index in [0.717, 1.165) is 38.5 Å². The summed E-state index contributed by atoms with van der Waals surface area (Å²) in [6.45, 7) is 0.548. The van der Waals surface area contributed by atoms with Crippen LogP contribution in [0.15, 0.2) is 18.3 Å². The van der Waals surface area contributed by atoms with Crippen molar-refractivity contribution in [2.75, 3.05) is 11.9 Å². The lowest BCUT2D eigenvalue weighted by atomic mass is 9.89. The van der Waals surface area contributed by atoms with E-state index in [9.17, 15) is 14.4 Å². The van der Waals surface area contributed by atoms with Crippen molar-refractivity contribution < 1.29 is 19.6 Å². The van der Waals surface area contributed by atoms with Gasteiger partial charge in [0.2, 0.25) is 17.7 Å². The summed E-state index contributed by atoms with van der Waals surface area (Å²) in [5.74, 6) is -0.746. The van der Waals surface area contributed by atoms with Crippen LogP contribution in [0.5, 0.6) is 0 Å². The lowest BCUT2D eigenvalue weighted by Crippen LogP contribution is -2.46. The van der Waals surface area contributed by atoms with Crippen LogP contribution in [0, 0.1) is 17.3 Å². The van der Waals surface area contributed by atoms with Crippen LogP contribution in [0.2, 0.25) is 0 Å². The van der Waals surface area contributed by atoms with Crippen LogP contribution in [0.25, 0.3) is 0 Å². The topological polar surface area (TPSA) is 125 Å². The van der Waals surface area contributed by atoms with Crippen molar-refractivity contribution in [1.82, 2.24) is 20.6 Å². The van der Waals surface area contributed by atoms with Gasteiger partial charge in [0.15, 0.2) is 5.82 Å². The second kappa shape index (κ2) is 8.67. The van der Waals surface area contributed by atoms with E-state index in [0.29, 0.717) is 31.1 Å². The van der Waals surface area contributed by atoms with Gasteiger partial charge in [-0.25, -0.2) is 5.48 Å². The van der Waals surface area contributed by atoms with E-state index in [-0.39, 0.29) is 23.7 Å². The molecule has 1 saturated heterocycles. The molecule has 2 saturated carbocycles. The van der Waals surface area contributed by atoms with Gasteiger partial charge in [-0.05, 0) is 49.1 Å². The Bertz CT molecular complexity index is 792. The molecule has 3 amide bonds. The summed E-state index contributed by atoms with van der Waals surface area (Å²) in [6.07, 6.45) is 9.15. The first-order chi connectivity index (χ1) is 14.5. The van der Waals surface area contributed by atoms with Gasteiger partial charge >= 0.3 is 0 Å². The molecule has 0 bridgehead atoms. The lowest BCUT2D eigenvalue weighted by molar-refractivity contribution is -0.144. The van der Waals surface area contributed by atoms with Crippen molar-refractivity contribution >= 4 is 23.5 Å². The molecule has 4 rings (SSSR count). The fourth-order valence-corrected chi connectivity index (χ4v) is 5.06. The Morgan fingerprint density at radius 2 is 2.03 bits per heavy atom. The zero-order valence-electron chi connectivity index (χ0n) is 17.0. The Labute approximate surface area is 175 Å². The van der Waals surface area contributed by atoms with Crippen molar-refractivity contribution in [3.63, 3.8) is 0 Å². The largest absolute Gasteiger partial charge is 0.330 e. The van der Waals surface area contributed by atoms with Gasteiger partial charge in [-0.1, -0.05) is 25.7 Å². The average Bonchev–Trinajstić information content (AvgIpc) is 3.13. The molecule has 3 fully saturated rings. The summed E-state index contributed by atoms with van der Waals surface area (Å²) >= 11 is 0. The highest BCUT2D eigenvalue weighted by molar-refractivity contribution is 5.98. The first-order valence-electron chi connectivity index (χ1n) is 10.8. The van der Waals surface area contributed by atoms with Gasteiger partial charge in [0.1, 0.15) is 6.04 Å². The molecule has 1 spiro atoms. The Hall–Kier alpha value is -2.55. The highest BCUT2D eigenvalue weighted by Crippen LogP contribution is 2.55. The summed E-state index contributed by atoms with van der Waals surface area (Å²) in [5.41, 5.74) is 1.68. The lowest BCUT2D eigenvalue weighted by Gasteiger charge is -2.29. The molecule has 1 aliphatic heterocycles. The molecule has 2 atom stereocenters. The van der Waals surface area contributed by atoms with Crippen LogP contribution in [0.3, 0.4) is 0 Å². The number of likely N-dealkylation sites (tertiary alicyclic amines) is 1.